The zero-order chi connectivity index (χ0) is 25.2. The zero-order valence-electron chi connectivity index (χ0n) is 21.4. The molecule has 184 valence electrons. The van der Waals surface area contributed by atoms with Gasteiger partial charge < -0.3 is 14.5 Å². The Bertz CT molecular complexity index is 1400. The molecule has 7 nitrogen and oxygen atoms in total. The fraction of sp³-hybridized carbons (Fsp3) is 0.345. The van der Waals surface area contributed by atoms with Crippen LogP contribution in [0.2, 0.25) is 0 Å². The van der Waals surface area contributed by atoms with E-state index >= 15 is 0 Å². The summed E-state index contributed by atoms with van der Waals surface area (Å²) in [6.07, 6.45) is 3.21. The van der Waals surface area contributed by atoms with Crippen LogP contribution in [0.3, 0.4) is 0 Å². The average molecular weight is 481 g/mol. The van der Waals surface area contributed by atoms with E-state index in [1.54, 1.807) is 0 Å². The molecule has 0 saturated carbocycles. The lowest BCUT2D eigenvalue weighted by Gasteiger charge is -2.17. The minimum absolute atomic E-state index is 0.475. The summed E-state index contributed by atoms with van der Waals surface area (Å²) in [6.45, 7) is 5.53. The largest absolute Gasteiger partial charge is 0.475 e. The highest BCUT2D eigenvalue weighted by Crippen LogP contribution is 2.35. The molecule has 0 amide bonds. The van der Waals surface area contributed by atoms with E-state index in [2.05, 4.69) is 64.7 Å². The van der Waals surface area contributed by atoms with Gasteiger partial charge in [-0.3, -0.25) is 4.40 Å². The van der Waals surface area contributed by atoms with Crippen molar-refractivity contribution in [1.82, 2.24) is 24.2 Å². The van der Waals surface area contributed by atoms with Crippen molar-refractivity contribution in [2.45, 2.75) is 19.9 Å². The lowest BCUT2D eigenvalue weighted by atomic mass is 10.0. The zero-order valence-corrected chi connectivity index (χ0v) is 21.4. The van der Waals surface area contributed by atoms with Crippen LogP contribution in [0, 0.1) is 24.2 Å². The van der Waals surface area contributed by atoms with Crippen molar-refractivity contribution < 1.29 is 4.74 Å². The van der Waals surface area contributed by atoms with Gasteiger partial charge in [-0.25, -0.2) is 9.97 Å². The molecule has 1 atom stereocenters. The van der Waals surface area contributed by atoms with Gasteiger partial charge in [0.15, 0.2) is 0 Å². The molecule has 3 heterocycles. The van der Waals surface area contributed by atoms with Crippen LogP contribution in [0.4, 0.5) is 0 Å². The Morgan fingerprint density at radius 3 is 2.42 bits per heavy atom. The number of ether oxygens (including phenoxy) is 1. The molecule has 0 bridgehead atoms. The van der Waals surface area contributed by atoms with Crippen LogP contribution in [0.25, 0.3) is 28.2 Å². The molecule has 0 spiro atoms. The Kier molecular flexibility index (Phi) is 6.73. The molecule has 36 heavy (non-hydrogen) atoms. The third-order valence-corrected chi connectivity index (χ3v) is 6.66. The minimum Gasteiger partial charge on any atom is -0.475 e. The molecular weight excluding hydrogens is 448 g/mol. The maximum absolute atomic E-state index is 9.30. The van der Waals surface area contributed by atoms with Crippen molar-refractivity contribution in [3.63, 3.8) is 0 Å². The quantitative estimate of drug-likeness (QED) is 0.384. The number of nitrogens with zero attached hydrogens (tertiary/aromatic N) is 6. The Labute approximate surface area is 212 Å². The van der Waals surface area contributed by atoms with E-state index in [-0.39, 0.29) is 0 Å². The summed E-state index contributed by atoms with van der Waals surface area (Å²) < 4.78 is 8.52. The predicted octanol–water partition coefficient (Wildman–Crippen LogP) is 4.64. The maximum atomic E-state index is 9.30. The number of hydrogen-bond acceptors (Lipinski definition) is 6. The number of nitriles is 1. The van der Waals surface area contributed by atoms with Gasteiger partial charge in [-0.1, -0.05) is 42.0 Å². The molecule has 0 N–H and O–H groups in total. The summed E-state index contributed by atoms with van der Waals surface area (Å²) in [5.41, 5.74) is 7.25. The van der Waals surface area contributed by atoms with Gasteiger partial charge in [-0.15, -0.1) is 0 Å². The number of fused-ring (bicyclic) bond motifs is 1. The number of imidazole rings is 1. The van der Waals surface area contributed by atoms with Crippen LogP contribution < -0.4 is 4.74 Å². The number of rotatable bonds is 7. The molecule has 0 aliphatic carbocycles. The normalized spacial score (nSPS) is 16.1. The van der Waals surface area contributed by atoms with E-state index in [0.29, 0.717) is 30.5 Å². The summed E-state index contributed by atoms with van der Waals surface area (Å²) in [7, 11) is 6.23. The van der Waals surface area contributed by atoms with Crippen LogP contribution in [0.5, 0.6) is 5.88 Å². The van der Waals surface area contributed by atoms with Gasteiger partial charge in [-0.2, -0.15) is 5.26 Å². The van der Waals surface area contributed by atoms with E-state index in [9.17, 15) is 5.26 Å². The summed E-state index contributed by atoms with van der Waals surface area (Å²) in [5.74, 6) is 1.02. The van der Waals surface area contributed by atoms with Gasteiger partial charge in [0.05, 0.1) is 35.3 Å². The number of likely N-dealkylation sites (tertiary alicyclic amines) is 1. The first-order valence-corrected chi connectivity index (χ1v) is 12.4. The van der Waals surface area contributed by atoms with Crippen molar-refractivity contribution in [3.8, 4) is 34.5 Å². The highest BCUT2D eigenvalue weighted by atomic mass is 16.5. The summed E-state index contributed by atoms with van der Waals surface area (Å²) in [6, 6.07) is 18.3. The highest BCUT2D eigenvalue weighted by molar-refractivity contribution is 5.82. The van der Waals surface area contributed by atoms with E-state index in [1.165, 1.54) is 5.56 Å². The fourth-order valence-electron chi connectivity index (χ4n) is 4.82. The lowest BCUT2D eigenvalue weighted by Crippen LogP contribution is -2.18. The summed E-state index contributed by atoms with van der Waals surface area (Å²) in [4.78, 5) is 14.5. The van der Waals surface area contributed by atoms with Crippen molar-refractivity contribution in [3.05, 3.63) is 71.5 Å². The topological polar surface area (TPSA) is 69.7 Å². The van der Waals surface area contributed by atoms with Gasteiger partial charge in [-0.05, 0) is 53.2 Å². The first-order chi connectivity index (χ1) is 17.4. The molecule has 1 aliphatic heterocycles. The molecule has 7 heteroatoms. The van der Waals surface area contributed by atoms with Gasteiger partial charge in [0.2, 0.25) is 5.65 Å². The second-order valence-electron chi connectivity index (χ2n) is 10.1. The lowest BCUT2D eigenvalue weighted by molar-refractivity contribution is 0.242. The molecule has 1 saturated heterocycles. The van der Waals surface area contributed by atoms with E-state index in [0.717, 1.165) is 53.4 Å². The first-order valence-electron chi connectivity index (χ1n) is 12.4. The van der Waals surface area contributed by atoms with Gasteiger partial charge in [0.1, 0.15) is 0 Å². The molecule has 5 rings (SSSR count). The third kappa shape index (κ3) is 4.97. The number of benzene rings is 2. The SMILES string of the molecule is Cc1ccc(-c2c(-c3ccc(C#N)cc3)nc(OC[C@@H]3CCN(C)C3)c3nc(CN(C)C)cn23)cc1. The van der Waals surface area contributed by atoms with Crippen molar-refractivity contribution in [1.29, 1.82) is 5.26 Å². The van der Waals surface area contributed by atoms with Crippen molar-refractivity contribution in [2.75, 3.05) is 40.8 Å². The molecule has 0 radical (unpaired) electrons. The summed E-state index contributed by atoms with van der Waals surface area (Å²) in [5, 5.41) is 9.30. The molecule has 1 fully saturated rings. The number of aryl methyl sites for hydroxylation is 1. The minimum atomic E-state index is 0.475. The Morgan fingerprint density at radius 1 is 1.06 bits per heavy atom. The predicted molar refractivity (Wildman–Crippen MR) is 142 cm³/mol. The molecule has 1 aliphatic rings. The van der Waals surface area contributed by atoms with Crippen LogP contribution in [-0.4, -0.2) is 65.0 Å². The van der Waals surface area contributed by atoms with Gasteiger partial charge in [0, 0.05) is 36.3 Å². The Morgan fingerprint density at radius 2 is 1.78 bits per heavy atom. The second-order valence-corrected chi connectivity index (χ2v) is 10.1. The van der Waals surface area contributed by atoms with Gasteiger partial charge in [0.25, 0.3) is 5.88 Å². The highest BCUT2D eigenvalue weighted by Gasteiger charge is 2.24. The maximum Gasteiger partial charge on any atom is 0.259 e. The summed E-state index contributed by atoms with van der Waals surface area (Å²) >= 11 is 0. The Hall–Kier alpha value is -3.73. The van der Waals surface area contributed by atoms with Crippen LogP contribution >= 0.6 is 0 Å². The van der Waals surface area contributed by atoms with Gasteiger partial charge >= 0.3 is 0 Å². The monoisotopic (exact) mass is 480 g/mol. The van der Waals surface area contributed by atoms with Crippen LogP contribution in [-0.2, 0) is 6.54 Å². The standard InChI is InChI=1S/C29H32N6O/c1-20-5-9-24(10-6-20)27-26(23-11-7-21(15-30)8-12-23)32-29(36-19-22-13-14-34(4)16-22)28-31-25(17-33(2)3)18-35(27)28/h5-12,18,22H,13-14,16-17,19H2,1-4H3/t22-/m1/s1. The van der Waals surface area contributed by atoms with Crippen molar-refractivity contribution in [2.24, 2.45) is 5.92 Å². The average Bonchev–Trinajstić information content (AvgIpc) is 3.48. The fourth-order valence-corrected chi connectivity index (χ4v) is 4.82. The number of hydrogen-bond donors (Lipinski definition) is 0. The molecule has 2 aromatic heterocycles. The van der Waals surface area contributed by atoms with E-state index in [1.807, 2.05) is 38.4 Å². The Balaban J connectivity index is 1.69. The van der Waals surface area contributed by atoms with E-state index in [4.69, 9.17) is 14.7 Å². The molecular formula is C29H32N6O. The van der Waals surface area contributed by atoms with Crippen LogP contribution in [0.15, 0.2) is 54.7 Å². The molecule has 2 aromatic carbocycles. The van der Waals surface area contributed by atoms with Crippen LogP contribution in [0.1, 0.15) is 23.2 Å². The second kappa shape index (κ2) is 10.1. The molecule has 4 aromatic rings. The number of aromatic nitrogens is 3. The van der Waals surface area contributed by atoms with Crippen molar-refractivity contribution >= 4 is 5.65 Å². The first kappa shape index (κ1) is 24.0. The van der Waals surface area contributed by atoms with E-state index < -0.39 is 0 Å². The third-order valence-electron chi connectivity index (χ3n) is 6.66. The molecule has 0 unspecified atom stereocenters. The smallest absolute Gasteiger partial charge is 0.259 e.